The van der Waals surface area contributed by atoms with Crippen molar-refractivity contribution in [3.8, 4) is 0 Å². The maximum Gasteiger partial charge on any atom is 0.223 e. The van der Waals surface area contributed by atoms with Crippen molar-refractivity contribution in [3.05, 3.63) is 35.4 Å². The number of hydrogen-bond acceptors (Lipinski definition) is 2. The van der Waals surface area contributed by atoms with Crippen LogP contribution < -0.4 is 5.73 Å². The first-order valence-corrected chi connectivity index (χ1v) is 9.13. The molecule has 1 amide bonds. The highest BCUT2D eigenvalue weighted by Crippen LogP contribution is 2.22. The topological polar surface area (TPSA) is 61.9 Å². The quantitative estimate of drug-likeness (QED) is 0.525. The van der Waals surface area contributed by atoms with E-state index in [0.29, 0.717) is 18.9 Å². The predicted octanol–water partition coefficient (Wildman–Crippen LogP) is 2.50. The zero-order valence-corrected chi connectivity index (χ0v) is 14.4. The Morgan fingerprint density at radius 2 is 1.62 bits per heavy atom. The summed E-state index contributed by atoms with van der Waals surface area (Å²) < 4.78 is 0. The number of aliphatic imine (C=N–C) groups is 1. The minimum atomic E-state index is 0.217. The molecule has 0 unspecified atom stereocenters. The van der Waals surface area contributed by atoms with Crippen molar-refractivity contribution in [2.24, 2.45) is 10.7 Å². The number of nitrogens with two attached hydrogens (primary N) is 1. The van der Waals surface area contributed by atoms with E-state index in [1.165, 1.54) is 36.8 Å². The van der Waals surface area contributed by atoms with Gasteiger partial charge in [0, 0.05) is 39.1 Å². The van der Waals surface area contributed by atoms with Crippen LogP contribution in [0.15, 0.2) is 29.3 Å². The van der Waals surface area contributed by atoms with Crippen LogP contribution in [0.25, 0.3) is 0 Å². The van der Waals surface area contributed by atoms with E-state index < -0.39 is 0 Å². The van der Waals surface area contributed by atoms with Crippen LogP contribution in [0.5, 0.6) is 0 Å². The fraction of sp³-hybridized carbons (Fsp3) is 0.579. The van der Waals surface area contributed by atoms with Gasteiger partial charge < -0.3 is 15.5 Å². The maximum atomic E-state index is 12.3. The summed E-state index contributed by atoms with van der Waals surface area (Å²) in [5.41, 5.74) is 8.64. The summed E-state index contributed by atoms with van der Waals surface area (Å²) in [7, 11) is 0. The molecule has 0 aliphatic carbocycles. The number of guanidine groups is 1. The molecule has 0 radical (unpaired) electrons. The first kappa shape index (κ1) is 16.8. The fourth-order valence-corrected chi connectivity index (χ4v) is 3.49. The van der Waals surface area contributed by atoms with Crippen molar-refractivity contribution in [1.82, 2.24) is 9.80 Å². The molecule has 0 aromatic heterocycles. The van der Waals surface area contributed by atoms with Gasteiger partial charge in [-0.15, -0.1) is 0 Å². The van der Waals surface area contributed by atoms with Crippen LogP contribution in [0.3, 0.4) is 0 Å². The molecule has 0 spiro atoms. The average molecular weight is 328 g/mol. The second-order valence-electron chi connectivity index (χ2n) is 6.76. The standard InChI is InChI=1S/C19H28N4O/c20-19(22-12-5-1-2-6-13-22)21-11-7-10-18(24)23-14-16-8-3-4-9-17(16)15-23/h3-4,8-9H,1-2,5-7,10-15H2,(H2,20,21). The minimum Gasteiger partial charge on any atom is -0.370 e. The van der Waals surface area contributed by atoms with Crippen LogP contribution in [0, 0.1) is 0 Å². The smallest absolute Gasteiger partial charge is 0.223 e. The number of likely N-dealkylation sites (tertiary alicyclic amines) is 1. The molecule has 0 bridgehead atoms. The molecule has 1 saturated heterocycles. The van der Waals surface area contributed by atoms with Gasteiger partial charge in [-0.2, -0.15) is 0 Å². The number of carbonyl (C=O) groups is 1. The molecule has 2 N–H and O–H groups in total. The molecule has 1 fully saturated rings. The van der Waals surface area contributed by atoms with Gasteiger partial charge in [-0.3, -0.25) is 9.79 Å². The van der Waals surface area contributed by atoms with Crippen LogP contribution in [0.1, 0.15) is 49.7 Å². The van der Waals surface area contributed by atoms with Crippen LogP contribution >= 0.6 is 0 Å². The molecule has 1 aromatic carbocycles. The number of amides is 1. The fourth-order valence-electron chi connectivity index (χ4n) is 3.49. The zero-order chi connectivity index (χ0) is 16.8. The van der Waals surface area contributed by atoms with Gasteiger partial charge in [0.2, 0.25) is 5.91 Å². The molecule has 1 aromatic rings. The summed E-state index contributed by atoms with van der Waals surface area (Å²) >= 11 is 0. The lowest BCUT2D eigenvalue weighted by Gasteiger charge is -2.21. The highest BCUT2D eigenvalue weighted by Gasteiger charge is 2.22. The second kappa shape index (κ2) is 8.18. The summed E-state index contributed by atoms with van der Waals surface area (Å²) in [6.45, 7) is 4.15. The van der Waals surface area contributed by atoms with Crippen LogP contribution in [-0.4, -0.2) is 41.3 Å². The Morgan fingerprint density at radius 1 is 1.00 bits per heavy atom. The first-order valence-electron chi connectivity index (χ1n) is 9.13. The molecule has 2 aliphatic rings. The van der Waals surface area contributed by atoms with Gasteiger partial charge >= 0.3 is 0 Å². The SMILES string of the molecule is NC(=NCCCC(=O)N1Cc2ccccc2C1)N1CCCCCC1. The zero-order valence-electron chi connectivity index (χ0n) is 14.4. The molecule has 5 heteroatoms. The monoisotopic (exact) mass is 328 g/mol. The first-order chi connectivity index (χ1) is 11.7. The average Bonchev–Trinajstić information content (AvgIpc) is 2.84. The Bertz CT molecular complexity index is 566. The van der Waals surface area contributed by atoms with Crippen molar-refractivity contribution >= 4 is 11.9 Å². The molecular formula is C19H28N4O. The molecule has 2 heterocycles. The van der Waals surface area contributed by atoms with E-state index in [1.807, 2.05) is 17.0 Å². The van der Waals surface area contributed by atoms with Gasteiger partial charge in [0.05, 0.1) is 0 Å². The third-order valence-electron chi connectivity index (χ3n) is 4.95. The van der Waals surface area contributed by atoms with E-state index in [-0.39, 0.29) is 5.91 Å². The lowest BCUT2D eigenvalue weighted by molar-refractivity contribution is -0.131. The number of nitrogens with zero attached hydrogens (tertiary/aromatic N) is 3. The third kappa shape index (κ3) is 4.28. The van der Waals surface area contributed by atoms with Crippen molar-refractivity contribution < 1.29 is 4.79 Å². The maximum absolute atomic E-state index is 12.3. The highest BCUT2D eigenvalue weighted by molar-refractivity contribution is 5.78. The summed E-state index contributed by atoms with van der Waals surface area (Å²) in [6.07, 6.45) is 6.28. The van der Waals surface area contributed by atoms with Gasteiger partial charge in [0.15, 0.2) is 5.96 Å². The van der Waals surface area contributed by atoms with Crippen molar-refractivity contribution in [1.29, 1.82) is 0 Å². The molecule has 0 saturated carbocycles. The Balaban J connectivity index is 1.40. The van der Waals surface area contributed by atoms with Gasteiger partial charge in [-0.25, -0.2) is 0 Å². The second-order valence-corrected chi connectivity index (χ2v) is 6.76. The van der Waals surface area contributed by atoms with E-state index in [0.717, 1.165) is 32.6 Å². The minimum absolute atomic E-state index is 0.217. The van der Waals surface area contributed by atoms with Gasteiger partial charge in [-0.05, 0) is 30.4 Å². The van der Waals surface area contributed by atoms with Gasteiger partial charge in [-0.1, -0.05) is 37.1 Å². The lowest BCUT2D eigenvalue weighted by atomic mass is 10.1. The number of benzene rings is 1. The summed E-state index contributed by atoms with van der Waals surface area (Å²) in [6, 6.07) is 8.28. The van der Waals surface area contributed by atoms with E-state index in [2.05, 4.69) is 22.0 Å². The Hall–Kier alpha value is -2.04. The Kier molecular flexibility index (Phi) is 5.72. The number of rotatable bonds is 4. The molecule has 5 nitrogen and oxygen atoms in total. The van der Waals surface area contributed by atoms with E-state index >= 15 is 0 Å². The van der Waals surface area contributed by atoms with Crippen molar-refractivity contribution in [3.63, 3.8) is 0 Å². The van der Waals surface area contributed by atoms with Gasteiger partial charge in [0.1, 0.15) is 0 Å². The number of carbonyl (C=O) groups excluding carboxylic acids is 1. The van der Waals surface area contributed by atoms with Gasteiger partial charge in [0.25, 0.3) is 0 Å². The highest BCUT2D eigenvalue weighted by atomic mass is 16.2. The molecule has 0 atom stereocenters. The summed E-state index contributed by atoms with van der Waals surface area (Å²) in [5, 5.41) is 0. The van der Waals surface area contributed by atoms with E-state index in [4.69, 9.17) is 5.73 Å². The molecular weight excluding hydrogens is 300 g/mol. The molecule has 2 aliphatic heterocycles. The Labute approximate surface area is 144 Å². The largest absolute Gasteiger partial charge is 0.370 e. The van der Waals surface area contributed by atoms with E-state index in [9.17, 15) is 4.79 Å². The lowest BCUT2D eigenvalue weighted by Crippen LogP contribution is -2.38. The molecule has 3 rings (SSSR count). The molecule has 24 heavy (non-hydrogen) atoms. The predicted molar refractivity (Wildman–Crippen MR) is 96.5 cm³/mol. The van der Waals surface area contributed by atoms with Crippen molar-refractivity contribution in [2.45, 2.75) is 51.6 Å². The summed E-state index contributed by atoms with van der Waals surface area (Å²) in [5.74, 6) is 0.868. The Morgan fingerprint density at radius 3 is 2.25 bits per heavy atom. The third-order valence-corrected chi connectivity index (χ3v) is 4.95. The van der Waals surface area contributed by atoms with Crippen LogP contribution in [0.2, 0.25) is 0 Å². The molecule has 130 valence electrons. The normalized spacial score (nSPS) is 18.4. The summed E-state index contributed by atoms with van der Waals surface area (Å²) in [4.78, 5) is 20.9. The number of hydrogen-bond donors (Lipinski definition) is 1. The van der Waals surface area contributed by atoms with Crippen LogP contribution in [-0.2, 0) is 17.9 Å². The van der Waals surface area contributed by atoms with E-state index in [1.54, 1.807) is 0 Å². The van der Waals surface area contributed by atoms with Crippen molar-refractivity contribution in [2.75, 3.05) is 19.6 Å². The van der Waals surface area contributed by atoms with Crippen LogP contribution in [0.4, 0.5) is 0 Å². The number of fused-ring (bicyclic) bond motifs is 1.